The molecule has 90 valence electrons. The van der Waals surface area contributed by atoms with Gasteiger partial charge in [-0.3, -0.25) is 0 Å². The second-order valence-corrected chi connectivity index (χ2v) is 3.67. The third-order valence-electron chi connectivity index (χ3n) is 2.14. The summed E-state index contributed by atoms with van der Waals surface area (Å²) in [5, 5.41) is 0. The van der Waals surface area contributed by atoms with Crippen molar-refractivity contribution < 1.29 is 9.47 Å². The molecule has 0 spiro atoms. The van der Waals surface area contributed by atoms with E-state index in [4.69, 9.17) is 15.2 Å². The number of methoxy groups -OCH3 is 2. The highest BCUT2D eigenvalue weighted by Gasteiger charge is 2.19. The van der Waals surface area contributed by atoms with Crippen LogP contribution < -0.4 is 15.2 Å². The third-order valence-corrected chi connectivity index (χ3v) is 2.63. The highest BCUT2D eigenvalue weighted by molar-refractivity contribution is 6.99. The Hall–Kier alpha value is -1.80. The van der Waals surface area contributed by atoms with E-state index in [-0.39, 0.29) is 0 Å². The molecule has 2 N–H and O–H groups in total. The van der Waals surface area contributed by atoms with E-state index in [1.54, 1.807) is 6.20 Å². The maximum Gasteiger partial charge on any atom is 0.240 e. The number of nitrogens with two attached hydrogens (primary N) is 1. The van der Waals surface area contributed by atoms with Gasteiger partial charge < -0.3 is 15.2 Å². The standard InChI is InChI=1S/C9H11N5O2S/c1-15-6-4-11-8(9(13-6)16-2)7(10)5-3-12-17-14-5/h3-4,7H,10H2,1-2H3. The van der Waals surface area contributed by atoms with Gasteiger partial charge in [-0.15, -0.1) is 0 Å². The van der Waals surface area contributed by atoms with Gasteiger partial charge >= 0.3 is 0 Å². The molecule has 0 saturated carbocycles. The van der Waals surface area contributed by atoms with E-state index in [9.17, 15) is 0 Å². The summed E-state index contributed by atoms with van der Waals surface area (Å²) in [4.78, 5) is 8.28. The molecule has 2 rings (SSSR count). The van der Waals surface area contributed by atoms with Crippen LogP contribution in [0.15, 0.2) is 12.4 Å². The molecule has 0 bridgehead atoms. The van der Waals surface area contributed by atoms with Gasteiger partial charge in [0, 0.05) is 0 Å². The van der Waals surface area contributed by atoms with Crippen LogP contribution in [-0.4, -0.2) is 32.9 Å². The minimum Gasteiger partial charge on any atom is -0.480 e. The fraction of sp³-hybridized carbons (Fsp3) is 0.333. The van der Waals surface area contributed by atoms with Crippen LogP contribution in [-0.2, 0) is 0 Å². The van der Waals surface area contributed by atoms with Gasteiger partial charge in [0.05, 0.1) is 50.1 Å². The predicted molar refractivity (Wildman–Crippen MR) is 61.1 cm³/mol. The molecule has 0 aliphatic rings. The lowest BCUT2D eigenvalue weighted by atomic mass is 10.1. The van der Waals surface area contributed by atoms with Crippen LogP contribution in [0.1, 0.15) is 17.4 Å². The van der Waals surface area contributed by atoms with Crippen molar-refractivity contribution in [2.24, 2.45) is 5.73 Å². The molecule has 17 heavy (non-hydrogen) atoms. The molecule has 0 aliphatic carbocycles. The molecule has 2 heterocycles. The molecule has 0 radical (unpaired) electrons. The van der Waals surface area contributed by atoms with Gasteiger partial charge in [0.25, 0.3) is 0 Å². The predicted octanol–water partition coefficient (Wildman–Crippen LogP) is 0.393. The van der Waals surface area contributed by atoms with Crippen molar-refractivity contribution >= 4 is 11.7 Å². The van der Waals surface area contributed by atoms with Gasteiger partial charge in [-0.2, -0.15) is 13.7 Å². The number of ether oxygens (including phenoxy) is 2. The molecular formula is C9H11N5O2S. The largest absolute Gasteiger partial charge is 0.480 e. The van der Waals surface area contributed by atoms with Gasteiger partial charge in [0.1, 0.15) is 5.69 Å². The Morgan fingerprint density at radius 3 is 2.71 bits per heavy atom. The van der Waals surface area contributed by atoms with E-state index in [1.165, 1.54) is 20.4 Å². The lowest BCUT2D eigenvalue weighted by Crippen LogP contribution is -2.16. The molecule has 8 heteroatoms. The van der Waals surface area contributed by atoms with Crippen LogP contribution in [0.5, 0.6) is 11.8 Å². The first kappa shape index (κ1) is 11.7. The minimum absolute atomic E-state index is 0.324. The maximum absolute atomic E-state index is 6.01. The number of hydrogen-bond donors (Lipinski definition) is 1. The molecule has 0 aromatic carbocycles. The fourth-order valence-electron chi connectivity index (χ4n) is 1.28. The number of aromatic nitrogens is 4. The quantitative estimate of drug-likeness (QED) is 0.842. The van der Waals surface area contributed by atoms with E-state index in [2.05, 4.69) is 18.7 Å². The summed E-state index contributed by atoms with van der Waals surface area (Å²) < 4.78 is 18.0. The summed E-state index contributed by atoms with van der Waals surface area (Å²) in [6, 6.07) is -0.512. The van der Waals surface area contributed by atoms with E-state index in [0.29, 0.717) is 23.1 Å². The lowest BCUT2D eigenvalue weighted by Gasteiger charge is -2.11. The van der Waals surface area contributed by atoms with E-state index >= 15 is 0 Å². The first-order valence-corrected chi connectivity index (χ1v) is 5.47. The fourth-order valence-corrected chi connectivity index (χ4v) is 1.73. The van der Waals surface area contributed by atoms with E-state index in [1.807, 2.05) is 0 Å². The van der Waals surface area contributed by atoms with Gasteiger partial charge in [-0.05, 0) is 0 Å². The van der Waals surface area contributed by atoms with Crippen molar-refractivity contribution in [3.8, 4) is 11.8 Å². The van der Waals surface area contributed by atoms with Gasteiger partial charge in [0.15, 0.2) is 0 Å². The Morgan fingerprint density at radius 1 is 1.29 bits per heavy atom. The van der Waals surface area contributed by atoms with E-state index in [0.717, 1.165) is 11.7 Å². The smallest absolute Gasteiger partial charge is 0.240 e. The summed E-state index contributed by atoms with van der Waals surface area (Å²) in [6.45, 7) is 0. The molecule has 0 fully saturated rings. The molecule has 2 aromatic heterocycles. The highest BCUT2D eigenvalue weighted by Crippen LogP contribution is 2.25. The van der Waals surface area contributed by atoms with Crippen molar-refractivity contribution in [3.63, 3.8) is 0 Å². The van der Waals surface area contributed by atoms with Gasteiger partial charge in [0.2, 0.25) is 11.8 Å². The molecule has 2 aromatic rings. The zero-order valence-electron chi connectivity index (χ0n) is 9.32. The first-order valence-electron chi connectivity index (χ1n) is 4.74. The van der Waals surface area contributed by atoms with Crippen LogP contribution in [0.2, 0.25) is 0 Å². The molecule has 1 atom stereocenters. The minimum atomic E-state index is -0.512. The summed E-state index contributed by atoms with van der Waals surface area (Å²) in [5.74, 6) is 0.694. The molecule has 0 saturated heterocycles. The van der Waals surface area contributed by atoms with Gasteiger partial charge in [-0.25, -0.2) is 4.98 Å². The zero-order valence-corrected chi connectivity index (χ0v) is 10.1. The number of rotatable bonds is 4. The summed E-state index contributed by atoms with van der Waals surface area (Å²) in [7, 11) is 3.01. The van der Waals surface area contributed by atoms with Crippen molar-refractivity contribution in [2.75, 3.05) is 14.2 Å². The first-order chi connectivity index (χ1) is 8.26. The Bertz CT molecular complexity index is 490. The third kappa shape index (κ3) is 2.32. The summed E-state index contributed by atoms with van der Waals surface area (Å²) in [5.41, 5.74) is 7.14. The molecule has 0 amide bonds. The number of hydrogen-bond acceptors (Lipinski definition) is 8. The normalized spacial score (nSPS) is 12.2. The summed E-state index contributed by atoms with van der Waals surface area (Å²) in [6.07, 6.45) is 3.08. The van der Waals surface area contributed by atoms with Crippen molar-refractivity contribution in [1.82, 2.24) is 18.7 Å². The summed E-state index contributed by atoms with van der Waals surface area (Å²) >= 11 is 1.09. The van der Waals surface area contributed by atoms with Gasteiger partial charge in [-0.1, -0.05) is 0 Å². The highest BCUT2D eigenvalue weighted by atomic mass is 32.1. The molecular weight excluding hydrogens is 242 g/mol. The van der Waals surface area contributed by atoms with Crippen molar-refractivity contribution in [3.05, 3.63) is 23.8 Å². The Labute approximate surface area is 102 Å². The zero-order chi connectivity index (χ0) is 12.3. The average Bonchev–Trinajstić information content (AvgIpc) is 2.91. The average molecular weight is 253 g/mol. The van der Waals surface area contributed by atoms with Crippen molar-refractivity contribution in [1.29, 1.82) is 0 Å². The lowest BCUT2D eigenvalue weighted by molar-refractivity contribution is 0.355. The van der Waals surface area contributed by atoms with Crippen LogP contribution in [0.3, 0.4) is 0 Å². The van der Waals surface area contributed by atoms with Crippen LogP contribution >= 0.6 is 11.7 Å². The Kier molecular flexibility index (Phi) is 3.45. The molecule has 1 unspecified atom stereocenters. The Balaban J connectivity index is 2.38. The Morgan fingerprint density at radius 2 is 2.12 bits per heavy atom. The maximum atomic E-state index is 6.01. The molecule has 7 nitrogen and oxygen atoms in total. The van der Waals surface area contributed by atoms with Crippen LogP contribution in [0, 0.1) is 0 Å². The molecule has 0 aliphatic heterocycles. The topological polar surface area (TPSA) is 96.0 Å². The van der Waals surface area contributed by atoms with E-state index < -0.39 is 6.04 Å². The second-order valence-electron chi connectivity index (χ2n) is 3.12. The van der Waals surface area contributed by atoms with Crippen molar-refractivity contribution in [2.45, 2.75) is 6.04 Å². The SMILES string of the molecule is COc1cnc(C(N)c2cnsn2)c(OC)n1. The van der Waals surface area contributed by atoms with Crippen LogP contribution in [0.25, 0.3) is 0 Å². The number of nitrogens with zero attached hydrogens (tertiary/aromatic N) is 4. The van der Waals surface area contributed by atoms with Crippen LogP contribution in [0.4, 0.5) is 0 Å². The second kappa shape index (κ2) is 5.02. The monoisotopic (exact) mass is 253 g/mol.